The van der Waals surface area contributed by atoms with E-state index in [9.17, 15) is 4.79 Å². The highest BCUT2D eigenvalue weighted by Gasteiger charge is 2.11. The number of halogens is 1. The van der Waals surface area contributed by atoms with E-state index in [0.29, 0.717) is 5.69 Å². The second-order valence-electron chi connectivity index (χ2n) is 3.27. The van der Waals surface area contributed by atoms with Gasteiger partial charge in [-0.05, 0) is 26.0 Å². The summed E-state index contributed by atoms with van der Waals surface area (Å²) in [7, 11) is 0. The van der Waals surface area contributed by atoms with Crippen LogP contribution < -0.4 is 5.32 Å². The Morgan fingerprint density at radius 2 is 2.14 bits per heavy atom. The number of carboxylic acid groups (broad SMARTS) is 1. The molecule has 76 valence electrons. The first-order valence-corrected chi connectivity index (χ1v) is 4.68. The molecule has 1 aromatic carbocycles. The first kappa shape index (κ1) is 10.9. The molecule has 0 aliphatic rings. The normalized spacial score (nSPS) is 10.3. The van der Waals surface area contributed by atoms with Crippen molar-refractivity contribution in [3.05, 3.63) is 28.8 Å². The molecule has 0 saturated carbocycles. The van der Waals surface area contributed by atoms with Crippen LogP contribution in [0.1, 0.15) is 24.2 Å². The number of hydrogen-bond acceptors (Lipinski definition) is 2. The fraction of sp³-hybridized carbons (Fsp3) is 0.300. The van der Waals surface area contributed by atoms with Gasteiger partial charge in [0.1, 0.15) is 0 Å². The Labute approximate surface area is 87.7 Å². The summed E-state index contributed by atoms with van der Waals surface area (Å²) in [6.45, 7) is 3.92. The molecular weight excluding hydrogens is 202 g/mol. The first-order chi connectivity index (χ1) is 6.52. The summed E-state index contributed by atoms with van der Waals surface area (Å²) in [5.41, 5.74) is 0.777. The Balaban J connectivity index is 3.07. The molecule has 14 heavy (non-hydrogen) atoms. The topological polar surface area (TPSA) is 49.3 Å². The van der Waals surface area contributed by atoms with E-state index in [1.807, 2.05) is 13.8 Å². The highest BCUT2D eigenvalue weighted by atomic mass is 35.5. The van der Waals surface area contributed by atoms with Gasteiger partial charge in [0.25, 0.3) is 0 Å². The Bertz CT molecular complexity index is 350. The molecule has 0 aliphatic carbocycles. The number of hydrogen-bond donors (Lipinski definition) is 2. The summed E-state index contributed by atoms with van der Waals surface area (Å²) < 4.78 is 0. The second-order valence-corrected chi connectivity index (χ2v) is 3.65. The number of carbonyl (C=O) groups is 1. The van der Waals surface area contributed by atoms with E-state index in [1.54, 1.807) is 12.1 Å². The summed E-state index contributed by atoms with van der Waals surface area (Å²) in [5, 5.41) is 12.1. The SMILES string of the molecule is CC(C)Nc1cccc(C(=O)O)c1Cl. The van der Waals surface area contributed by atoms with Gasteiger partial charge in [-0.2, -0.15) is 0 Å². The highest BCUT2D eigenvalue weighted by molar-refractivity contribution is 6.36. The molecule has 0 saturated heterocycles. The molecule has 4 heteroatoms. The maximum absolute atomic E-state index is 10.7. The van der Waals surface area contributed by atoms with Gasteiger partial charge in [-0.1, -0.05) is 17.7 Å². The Kier molecular flexibility index (Phi) is 3.36. The molecule has 0 spiro atoms. The van der Waals surface area contributed by atoms with Crippen molar-refractivity contribution in [2.45, 2.75) is 19.9 Å². The maximum atomic E-state index is 10.7. The number of anilines is 1. The zero-order chi connectivity index (χ0) is 10.7. The van der Waals surface area contributed by atoms with Crippen LogP contribution in [0.25, 0.3) is 0 Å². The van der Waals surface area contributed by atoms with Gasteiger partial charge < -0.3 is 10.4 Å². The van der Waals surface area contributed by atoms with Crippen molar-refractivity contribution >= 4 is 23.3 Å². The van der Waals surface area contributed by atoms with Crippen LogP contribution in [-0.2, 0) is 0 Å². The highest BCUT2D eigenvalue weighted by Crippen LogP contribution is 2.26. The van der Waals surface area contributed by atoms with Gasteiger partial charge in [-0.25, -0.2) is 4.79 Å². The molecule has 0 heterocycles. The smallest absolute Gasteiger partial charge is 0.337 e. The van der Waals surface area contributed by atoms with Crippen molar-refractivity contribution in [1.82, 2.24) is 0 Å². The monoisotopic (exact) mass is 213 g/mol. The summed E-state index contributed by atoms with van der Waals surface area (Å²) in [4.78, 5) is 10.7. The molecule has 0 unspecified atom stereocenters. The van der Waals surface area contributed by atoms with Crippen molar-refractivity contribution in [3.63, 3.8) is 0 Å². The van der Waals surface area contributed by atoms with Crippen LogP contribution in [0.15, 0.2) is 18.2 Å². The molecular formula is C10H12ClNO2. The lowest BCUT2D eigenvalue weighted by Crippen LogP contribution is -2.11. The Morgan fingerprint density at radius 1 is 1.50 bits per heavy atom. The van der Waals surface area contributed by atoms with Crippen molar-refractivity contribution in [3.8, 4) is 0 Å². The van der Waals surface area contributed by atoms with Gasteiger partial charge in [0, 0.05) is 6.04 Å². The second kappa shape index (κ2) is 4.33. The van der Waals surface area contributed by atoms with Crippen molar-refractivity contribution in [2.24, 2.45) is 0 Å². The van der Waals surface area contributed by atoms with E-state index in [4.69, 9.17) is 16.7 Å². The lowest BCUT2D eigenvalue weighted by molar-refractivity contribution is 0.0697. The number of aromatic carboxylic acids is 1. The summed E-state index contributed by atoms with van der Waals surface area (Å²) in [6, 6.07) is 5.13. The van der Waals surface area contributed by atoms with Gasteiger partial charge in [0.05, 0.1) is 16.3 Å². The van der Waals surface area contributed by atoms with Crippen LogP contribution in [0.4, 0.5) is 5.69 Å². The average Bonchev–Trinajstić information content (AvgIpc) is 2.07. The minimum absolute atomic E-state index is 0.123. The van der Waals surface area contributed by atoms with Crippen molar-refractivity contribution in [1.29, 1.82) is 0 Å². The minimum atomic E-state index is -1.01. The van der Waals surface area contributed by atoms with E-state index in [0.717, 1.165) is 0 Å². The van der Waals surface area contributed by atoms with Gasteiger partial charge in [0.2, 0.25) is 0 Å². The summed E-state index contributed by atoms with van der Waals surface area (Å²) in [5.74, 6) is -1.01. The number of benzene rings is 1. The van der Waals surface area contributed by atoms with Crippen molar-refractivity contribution < 1.29 is 9.90 Å². The molecule has 0 aromatic heterocycles. The van der Waals surface area contributed by atoms with Gasteiger partial charge in [0.15, 0.2) is 0 Å². The van der Waals surface area contributed by atoms with Gasteiger partial charge in [-0.3, -0.25) is 0 Å². The molecule has 1 aromatic rings. The van der Waals surface area contributed by atoms with E-state index < -0.39 is 5.97 Å². The third kappa shape index (κ3) is 2.39. The van der Waals surface area contributed by atoms with Crippen LogP contribution >= 0.6 is 11.6 Å². The van der Waals surface area contributed by atoms with E-state index in [1.165, 1.54) is 6.07 Å². The van der Waals surface area contributed by atoms with E-state index in [-0.39, 0.29) is 16.6 Å². The van der Waals surface area contributed by atoms with E-state index >= 15 is 0 Å². The Hall–Kier alpha value is -1.22. The van der Waals surface area contributed by atoms with Crippen LogP contribution in [0.5, 0.6) is 0 Å². The number of carboxylic acids is 1. The third-order valence-electron chi connectivity index (χ3n) is 1.67. The quantitative estimate of drug-likeness (QED) is 0.812. The molecule has 2 N–H and O–H groups in total. The fourth-order valence-corrected chi connectivity index (χ4v) is 1.38. The molecule has 3 nitrogen and oxygen atoms in total. The zero-order valence-electron chi connectivity index (χ0n) is 8.04. The Morgan fingerprint density at radius 3 is 2.64 bits per heavy atom. The fourth-order valence-electron chi connectivity index (χ4n) is 1.12. The summed E-state index contributed by atoms with van der Waals surface area (Å²) in [6.07, 6.45) is 0. The average molecular weight is 214 g/mol. The predicted octanol–water partition coefficient (Wildman–Crippen LogP) is 2.86. The molecule has 0 bridgehead atoms. The first-order valence-electron chi connectivity index (χ1n) is 4.30. The molecule has 0 amide bonds. The largest absolute Gasteiger partial charge is 0.478 e. The standard InChI is InChI=1S/C10H12ClNO2/c1-6(2)12-8-5-3-4-7(9(8)11)10(13)14/h3-6,12H,1-2H3,(H,13,14). The number of rotatable bonds is 3. The van der Waals surface area contributed by atoms with Crippen LogP contribution in [0.2, 0.25) is 5.02 Å². The number of nitrogens with one attached hydrogen (secondary N) is 1. The van der Waals surface area contributed by atoms with Gasteiger partial charge in [-0.15, -0.1) is 0 Å². The lowest BCUT2D eigenvalue weighted by Gasteiger charge is -2.12. The maximum Gasteiger partial charge on any atom is 0.337 e. The molecule has 0 fully saturated rings. The van der Waals surface area contributed by atoms with Crippen LogP contribution in [0.3, 0.4) is 0 Å². The molecule has 1 rings (SSSR count). The van der Waals surface area contributed by atoms with E-state index in [2.05, 4.69) is 5.32 Å². The van der Waals surface area contributed by atoms with Crippen LogP contribution in [-0.4, -0.2) is 17.1 Å². The summed E-state index contributed by atoms with van der Waals surface area (Å²) >= 11 is 5.90. The molecule has 0 radical (unpaired) electrons. The van der Waals surface area contributed by atoms with Gasteiger partial charge >= 0.3 is 5.97 Å². The lowest BCUT2D eigenvalue weighted by atomic mass is 10.2. The zero-order valence-corrected chi connectivity index (χ0v) is 8.80. The third-order valence-corrected chi connectivity index (χ3v) is 2.08. The predicted molar refractivity (Wildman–Crippen MR) is 57.2 cm³/mol. The molecule has 0 atom stereocenters. The van der Waals surface area contributed by atoms with Crippen molar-refractivity contribution in [2.75, 3.05) is 5.32 Å². The minimum Gasteiger partial charge on any atom is -0.478 e. The van der Waals surface area contributed by atoms with Crippen LogP contribution in [0, 0.1) is 0 Å². The molecule has 0 aliphatic heterocycles.